The molecule has 1 unspecified atom stereocenters. The average Bonchev–Trinajstić information content (AvgIpc) is 3.34. The first-order valence-corrected chi connectivity index (χ1v) is 13.2. The number of hydrogen-bond acceptors (Lipinski definition) is 5. The molecular weight excluding hydrogens is 416 g/mol. The Kier molecular flexibility index (Phi) is 14.6. The van der Waals surface area contributed by atoms with Crippen molar-refractivity contribution in [3.05, 3.63) is 35.4 Å². The highest BCUT2D eigenvalue weighted by molar-refractivity contribution is 5.91. The molecule has 0 aliphatic carbocycles. The molecule has 0 saturated carbocycles. The zero-order chi connectivity index (χ0) is 23.6. The molecule has 5 nitrogen and oxygen atoms in total. The minimum absolute atomic E-state index is 0.101. The van der Waals surface area contributed by atoms with Crippen LogP contribution >= 0.6 is 0 Å². The molecular formula is C28H44O5. The Morgan fingerprint density at radius 3 is 2.09 bits per heavy atom. The highest BCUT2D eigenvalue weighted by atomic mass is 16.6. The van der Waals surface area contributed by atoms with Gasteiger partial charge in [-0.2, -0.15) is 0 Å². The van der Waals surface area contributed by atoms with E-state index in [2.05, 4.69) is 6.92 Å². The summed E-state index contributed by atoms with van der Waals surface area (Å²) in [5.74, 6) is -0.584. The average molecular weight is 461 g/mol. The molecule has 1 atom stereocenters. The van der Waals surface area contributed by atoms with E-state index in [0.717, 1.165) is 19.3 Å². The number of ether oxygens (including phenoxy) is 3. The van der Waals surface area contributed by atoms with Crippen molar-refractivity contribution >= 4 is 11.9 Å². The van der Waals surface area contributed by atoms with Crippen molar-refractivity contribution < 1.29 is 23.8 Å². The van der Waals surface area contributed by atoms with Crippen molar-refractivity contribution in [2.75, 3.05) is 13.2 Å². The molecule has 5 heteroatoms. The molecule has 186 valence electrons. The van der Waals surface area contributed by atoms with E-state index in [1.807, 2.05) is 6.07 Å². The zero-order valence-electron chi connectivity index (χ0n) is 20.7. The molecule has 0 radical (unpaired) electrons. The van der Waals surface area contributed by atoms with Gasteiger partial charge in [0.1, 0.15) is 12.7 Å². The first-order chi connectivity index (χ1) is 16.2. The first-order valence-electron chi connectivity index (χ1n) is 13.2. The Bertz CT molecular complexity index is 666. The Hall–Kier alpha value is -1.88. The van der Waals surface area contributed by atoms with E-state index in [-0.39, 0.29) is 24.6 Å². The van der Waals surface area contributed by atoms with Gasteiger partial charge in [0.25, 0.3) is 0 Å². The quantitative estimate of drug-likeness (QED) is 0.172. The molecule has 0 N–H and O–H groups in total. The predicted octanol–water partition coefficient (Wildman–Crippen LogP) is 7.16. The molecule has 1 aliphatic heterocycles. The molecule has 1 saturated heterocycles. The molecule has 1 heterocycles. The molecule has 0 aromatic heterocycles. The molecule has 0 bridgehead atoms. The second kappa shape index (κ2) is 17.6. The minimum atomic E-state index is -0.381. The third-order valence-corrected chi connectivity index (χ3v) is 6.27. The third-order valence-electron chi connectivity index (χ3n) is 6.27. The molecule has 1 aromatic carbocycles. The summed E-state index contributed by atoms with van der Waals surface area (Å²) in [4.78, 5) is 24.6. The van der Waals surface area contributed by atoms with Crippen molar-refractivity contribution in [3.63, 3.8) is 0 Å². The number of hydrogen-bond donors (Lipinski definition) is 0. The van der Waals surface area contributed by atoms with E-state index in [9.17, 15) is 9.59 Å². The molecule has 2 rings (SSSR count). The van der Waals surface area contributed by atoms with Gasteiger partial charge in [0, 0.05) is 18.4 Å². The topological polar surface area (TPSA) is 61.8 Å². The number of rotatable bonds is 18. The Labute approximate surface area is 200 Å². The molecule has 33 heavy (non-hydrogen) atoms. The second-order valence-electron chi connectivity index (χ2n) is 9.20. The van der Waals surface area contributed by atoms with Crippen molar-refractivity contribution in [3.8, 4) is 0 Å². The highest BCUT2D eigenvalue weighted by Crippen LogP contribution is 2.17. The van der Waals surface area contributed by atoms with Gasteiger partial charge in [-0.1, -0.05) is 102 Å². The zero-order valence-corrected chi connectivity index (χ0v) is 20.7. The summed E-state index contributed by atoms with van der Waals surface area (Å²) in [6.45, 7) is 3.43. The van der Waals surface area contributed by atoms with Crippen LogP contribution in [0.25, 0.3) is 0 Å². The Morgan fingerprint density at radius 2 is 1.48 bits per heavy atom. The first kappa shape index (κ1) is 27.4. The van der Waals surface area contributed by atoms with Crippen LogP contribution in [0.3, 0.4) is 0 Å². The lowest BCUT2D eigenvalue weighted by molar-refractivity contribution is -0.145. The normalized spacial score (nSPS) is 15.5. The number of carbonyl (C=O) groups is 2. The third kappa shape index (κ3) is 12.2. The largest absolute Gasteiger partial charge is 0.461 e. The molecule has 1 fully saturated rings. The SMILES string of the molecule is CCCCCCCCCCCCCCCC(=O)OCc1ccccc1C(=O)OC1CCOC1. The smallest absolute Gasteiger partial charge is 0.338 e. The van der Waals surface area contributed by atoms with Gasteiger partial charge in [0.2, 0.25) is 0 Å². The lowest BCUT2D eigenvalue weighted by atomic mass is 10.0. The fraction of sp³-hybridized carbons (Fsp3) is 0.714. The Morgan fingerprint density at radius 1 is 0.879 bits per heavy atom. The van der Waals surface area contributed by atoms with Crippen LogP contribution in [0, 0.1) is 0 Å². The van der Waals surface area contributed by atoms with Crippen LogP contribution in [-0.4, -0.2) is 31.3 Å². The molecule has 0 amide bonds. The lowest BCUT2D eigenvalue weighted by Gasteiger charge is -2.13. The van der Waals surface area contributed by atoms with Crippen LogP contribution in [0.15, 0.2) is 24.3 Å². The molecule has 1 aliphatic rings. The van der Waals surface area contributed by atoms with Crippen molar-refractivity contribution in [2.24, 2.45) is 0 Å². The summed E-state index contributed by atoms with van der Waals surface area (Å²) in [6.07, 6.45) is 17.6. The second-order valence-corrected chi connectivity index (χ2v) is 9.20. The van der Waals surface area contributed by atoms with Crippen LogP contribution in [-0.2, 0) is 25.6 Å². The van der Waals surface area contributed by atoms with Crippen molar-refractivity contribution in [1.82, 2.24) is 0 Å². The Balaban J connectivity index is 1.50. The van der Waals surface area contributed by atoms with E-state index in [1.165, 1.54) is 70.6 Å². The van der Waals surface area contributed by atoms with Gasteiger partial charge in [-0.05, 0) is 12.5 Å². The van der Waals surface area contributed by atoms with E-state index in [0.29, 0.717) is 30.8 Å². The maximum absolute atomic E-state index is 12.5. The maximum Gasteiger partial charge on any atom is 0.338 e. The van der Waals surface area contributed by atoms with Crippen LogP contribution in [0.4, 0.5) is 0 Å². The lowest BCUT2D eigenvalue weighted by Crippen LogP contribution is -2.19. The summed E-state index contributed by atoms with van der Waals surface area (Å²) in [5, 5.41) is 0. The van der Waals surface area contributed by atoms with E-state index in [4.69, 9.17) is 14.2 Å². The van der Waals surface area contributed by atoms with Crippen LogP contribution in [0.5, 0.6) is 0 Å². The van der Waals surface area contributed by atoms with Gasteiger partial charge in [0.05, 0.1) is 18.8 Å². The summed E-state index contributed by atoms with van der Waals surface area (Å²) in [6, 6.07) is 7.15. The summed E-state index contributed by atoms with van der Waals surface area (Å²) >= 11 is 0. The number of carbonyl (C=O) groups excluding carboxylic acids is 2. The number of benzene rings is 1. The van der Waals surface area contributed by atoms with Gasteiger partial charge in [0.15, 0.2) is 0 Å². The van der Waals surface area contributed by atoms with Gasteiger partial charge in [-0.15, -0.1) is 0 Å². The summed E-state index contributed by atoms with van der Waals surface area (Å²) in [7, 11) is 0. The van der Waals surface area contributed by atoms with Gasteiger partial charge >= 0.3 is 11.9 Å². The number of unbranched alkanes of at least 4 members (excludes halogenated alkanes) is 12. The maximum atomic E-state index is 12.5. The fourth-order valence-corrected chi connectivity index (χ4v) is 4.18. The molecule has 0 spiro atoms. The van der Waals surface area contributed by atoms with Gasteiger partial charge < -0.3 is 14.2 Å². The summed E-state index contributed by atoms with van der Waals surface area (Å²) < 4.78 is 16.2. The predicted molar refractivity (Wildman–Crippen MR) is 131 cm³/mol. The summed E-state index contributed by atoms with van der Waals surface area (Å²) in [5.41, 5.74) is 1.14. The highest BCUT2D eigenvalue weighted by Gasteiger charge is 2.22. The fourth-order valence-electron chi connectivity index (χ4n) is 4.18. The van der Waals surface area contributed by atoms with Gasteiger partial charge in [-0.3, -0.25) is 4.79 Å². The van der Waals surface area contributed by atoms with Crippen molar-refractivity contribution in [1.29, 1.82) is 0 Å². The van der Waals surface area contributed by atoms with Crippen molar-refractivity contribution in [2.45, 2.75) is 116 Å². The van der Waals surface area contributed by atoms with Gasteiger partial charge in [-0.25, -0.2) is 4.79 Å². The molecule has 1 aromatic rings. The van der Waals surface area contributed by atoms with E-state index in [1.54, 1.807) is 18.2 Å². The van der Waals surface area contributed by atoms with E-state index < -0.39 is 0 Å². The van der Waals surface area contributed by atoms with Crippen LogP contribution in [0.2, 0.25) is 0 Å². The van der Waals surface area contributed by atoms with E-state index >= 15 is 0 Å². The standard InChI is InChI=1S/C28H44O5/c1-2-3-4-5-6-7-8-9-10-11-12-13-14-19-27(29)32-22-24-17-15-16-18-26(24)28(30)33-25-20-21-31-23-25/h15-18,25H,2-14,19-23H2,1H3. The minimum Gasteiger partial charge on any atom is -0.461 e. The van der Waals surface area contributed by atoms with Crippen LogP contribution < -0.4 is 0 Å². The monoisotopic (exact) mass is 460 g/mol. The van der Waals surface area contributed by atoms with Crippen LogP contribution in [0.1, 0.15) is 119 Å². The number of esters is 2.